The van der Waals surface area contributed by atoms with Crippen molar-refractivity contribution in [1.82, 2.24) is 5.43 Å². The number of benzene rings is 2. The molecular weight excluding hydrogens is 379 g/mol. The van der Waals surface area contributed by atoms with Crippen molar-refractivity contribution in [1.29, 1.82) is 0 Å². The maximum Gasteiger partial charge on any atom is 0.271 e. The average molecular weight is 394 g/mol. The molecule has 0 aliphatic rings. The molecule has 0 aliphatic carbocycles. The van der Waals surface area contributed by atoms with Gasteiger partial charge in [0.25, 0.3) is 5.91 Å². The van der Waals surface area contributed by atoms with Crippen molar-refractivity contribution >= 4 is 34.7 Å². The molecule has 21 heavy (non-hydrogen) atoms. The molecule has 5 heteroatoms. The van der Waals surface area contributed by atoms with Crippen LogP contribution in [0.3, 0.4) is 0 Å². The molecule has 0 saturated heterocycles. The zero-order valence-corrected chi connectivity index (χ0v) is 13.9. The minimum atomic E-state index is -0.251. The number of hydrazone groups is 1. The number of rotatable bonds is 4. The van der Waals surface area contributed by atoms with Gasteiger partial charge in [-0.1, -0.05) is 29.8 Å². The highest BCUT2D eigenvalue weighted by atomic mass is 127. The van der Waals surface area contributed by atoms with Crippen molar-refractivity contribution < 1.29 is 9.53 Å². The third-order valence-electron chi connectivity index (χ3n) is 2.87. The molecule has 2 aromatic carbocycles. The third kappa shape index (κ3) is 4.29. The monoisotopic (exact) mass is 394 g/mol. The van der Waals surface area contributed by atoms with Gasteiger partial charge in [0.15, 0.2) is 0 Å². The molecule has 1 N–H and O–H groups in total. The predicted octanol–water partition coefficient (Wildman–Crippen LogP) is 3.37. The lowest BCUT2D eigenvalue weighted by Gasteiger charge is -2.05. The molecule has 0 radical (unpaired) electrons. The second kappa shape index (κ2) is 7.21. The fourth-order valence-corrected chi connectivity index (χ4v) is 2.43. The molecule has 0 spiro atoms. The van der Waals surface area contributed by atoms with Gasteiger partial charge < -0.3 is 4.74 Å². The first kappa shape index (κ1) is 15.5. The van der Waals surface area contributed by atoms with Crippen molar-refractivity contribution in [2.75, 3.05) is 7.11 Å². The van der Waals surface area contributed by atoms with Crippen molar-refractivity contribution in [3.05, 3.63) is 62.7 Å². The van der Waals surface area contributed by atoms with Crippen LogP contribution in [0.15, 0.2) is 47.6 Å². The first-order valence-corrected chi connectivity index (χ1v) is 7.41. The fraction of sp³-hybridized carbons (Fsp3) is 0.125. The summed E-state index contributed by atoms with van der Waals surface area (Å²) in [6.45, 7) is 2.02. The summed E-state index contributed by atoms with van der Waals surface area (Å²) >= 11 is 2.13. The van der Waals surface area contributed by atoms with E-state index in [9.17, 15) is 4.79 Å². The van der Waals surface area contributed by atoms with Crippen molar-refractivity contribution in [2.45, 2.75) is 6.92 Å². The lowest BCUT2D eigenvalue weighted by atomic mass is 10.2. The number of carbonyl (C=O) groups excluding carboxylic acids is 1. The third-order valence-corrected chi connectivity index (χ3v) is 3.71. The van der Waals surface area contributed by atoms with Gasteiger partial charge in [0.2, 0.25) is 0 Å². The molecule has 4 nitrogen and oxygen atoms in total. The molecule has 0 saturated carbocycles. The van der Waals surface area contributed by atoms with Crippen LogP contribution in [0.5, 0.6) is 5.75 Å². The summed E-state index contributed by atoms with van der Waals surface area (Å²) in [5.41, 5.74) is 5.18. The van der Waals surface area contributed by atoms with Crippen molar-refractivity contribution in [3.63, 3.8) is 0 Å². The van der Waals surface area contributed by atoms with E-state index >= 15 is 0 Å². The number of carbonyl (C=O) groups is 1. The molecule has 0 aromatic heterocycles. The summed E-state index contributed by atoms with van der Waals surface area (Å²) in [4.78, 5) is 12.0. The van der Waals surface area contributed by atoms with E-state index in [0.717, 1.165) is 14.9 Å². The zero-order valence-electron chi connectivity index (χ0n) is 11.8. The summed E-state index contributed by atoms with van der Waals surface area (Å²) in [6.07, 6.45) is 1.62. The van der Waals surface area contributed by atoms with E-state index in [0.29, 0.717) is 5.56 Å². The standard InChI is InChI=1S/C16H15IN2O2/c1-11-3-5-12(6-4-11)10-18-19-16(20)13-7-8-15(21-2)14(17)9-13/h3-10H,1-2H3,(H,19,20)/b18-10-. The topological polar surface area (TPSA) is 50.7 Å². The van der Waals surface area contributed by atoms with E-state index in [1.807, 2.05) is 31.2 Å². The van der Waals surface area contributed by atoms with Crippen LogP contribution in [0.1, 0.15) is 21.5 Å². The number of nitrogens with one attached hydrogen (secondary N) is 1. The molecule has 0 bridgehead atoms. The van der Waals surface area contributed by atoms with Gasteiger partial charge in [-0.2, -0.15) is 5.10 Å². The Labute approximate surface area is 137 Å². The SMILES string of the molecule is COc1ccc(C(=O)N/N=C\c2ccc(C)cc2)cc1I. The predicted molar refractivity (Wildman–Crippen MR) is 92.0 cm³/mol. The van der Waals surface area contributed by atoms with Gasteiger partial charge in [0.05, 0.1) is 16.9 Å². The van der Waals surface area contributed by atoms with E-state index in [4.69, 9.17) is 4.74 Å². The van der Waals surface area contributed by atoms with Crippen LogP contribution >= 0.6 is 22.6 Å². The summed E-state index contributed by atoms with van der Waals surface area (Å²) < 4.78 is 6.04. The molecule has 0 atom stereocenters. The van der Waals surface area contributed by atoms with E-state index in [1.165, 1.54) is 5.56 Å². The Morgan fingerprint density at radius 3 is 2.57 bits per heavy atom. The highest BCUT2D eigenvalue weighted by Crippen LogP contribution is 2.21. The lowest BCUT2D eigenvalue weighted by Crippen LogP contribution is -2.17. The van der Waals surface area contributed by atoms with Gasteiger partial charge in [0.1, 0.15) is 5.75 Å². The van der Waals surface area contributed by atoms with Crippen LogP contribution < -0.4 is 10.2 Å². The number of nitrogens with zero attached hydrogens (tertiary/aromatic N) is 1. The molecular formula is C16H15IN2O2. The van der Waals surface area contributed by atoms with Gasteiger partial charge in [-0.25, -0.2) is 5.43 Å². The number of hydrogen-bond donors (Lipinski definition) is 1. The molecule has 2 rings (SSSR count). The normalized spacial score (nSPS) is 10.6. The smallest absolute Gasteiger partial charge is 0.271 e. The Balaban J connectivity index is 2.01. The van der Waals surface area contributed by atoms with Crippen molar-refractivity contribution in [2.24, 2.45) is 5.10 Å². The molecule has 0 fully saturated rings. The minimum Gasteiger partial charge on any atom is -0.496 e. The van der Waals surface area contributed by atoms with E-state index < -0.39 is 0 Å². The second-order valence-corrected chi connectivity index (χ2v) is 5.62. The van der Waals surface area contributed by atoms with Crippen LogP contribution in [0.4, 0.5) is 0 Å². The Hall–Kier alpha value is -1.89. The van der Waals surface area contributed by atoms with E-state index in [2.05, 4.69) is 33.1 Å². The fourth-order valence-electron chi connectivity index (χ4n) is 1.69. The summed E-state index contributed by atoms with van der Waals surface area (Å²) in [7, 11) is 1.60. The van der Waals surface area contributed by atoms with Crippen molar-refractivity contribution in [3.8, 4) is 5.75 Å². The highest BCUT2D eigenvalue weighted by Gasteiger charge is 2.07. The number of ether oxygens (including phenoxy) is 1. The molecule has 1 amide bonds. The Morgan fingerprint density at radius 2 is 1.95 bits per heavy atom. The van der Waals surface area contributed by atoms with Gasteiger partial charge in [0, 0.05) is 5.56 Å². The number of methoxy groups -OCH3 is 1. The highest BCUT2D eigenvalue weighted by molar-refractivity contribution is 14.1. The molecule has 108 valence electrons. The van der Waals surface area contributed by atoms with E-state index in [-0.39, 0.29) is 5.91 Å². The largest absolute Gasteiger partial charge is 0.496 e. The first-order valence-electron chi connectivity index (χ1n) is 6.34. The van der Waals surface area contributed by atoms with Gasteiger partial charge in [-0.05, 0) is 53.3 Å². The Kier molecular flexibility index (Phi) is 5.32. The second-order valence-electron chi connectivity index (χ2n) is 4.46. The Morgan fingerprint density at radius 1 is 1.24 bits per heavy atom. The van der Waals surface area contributed by atoms with Gasteiger partial charge >= 0.3 is 0 Å². The quantitative estimate of drug-likeness (QED) is 0.491. The van der Waals surface area contributed by atoms with Crippen LogP contribution in [0.25, 0.3) is 0 Å². The maximum absolute atomic E-state index is 12.0. The van der Waals surface area contributed by atoms with Crippen LogP contribution in [0.2, 0.25) is 0 Å². The number of aryl methyl sites for hydroxylation is 1. The zero-order chi connectivity index (χ0) is 15.2. The first-order chi connectivity index (χ1) is 10.1. The van der Waals surface area contributed by atoms with Gasteiger partial charge in [-0.3, -0.25) is 4.79 Å². The van der Waals surface area contributed by atoms with E-state index in [1.54, 1.807) is 31.5 Å². The molecule has 0 aliphatic heterocycles. The van der Waals surface area contributed by atoms with Crippen LogP contribution in [0, 0.1) is 10.5 Å². The Bertz CT molecular complexity index is 666. The number of hydrogen-bond acceptors (Lipinski definition) is 3. The maximum atomic E-state index is 12.0. The minimum absolute atomic E-state index is 0.251. The number of halogens is 1. The molecule has 2 aromatic rings. The van der Waals surface area contributed by atoms with Crippen LogP contribution in [-0.2, 0) is 0 Å². The summed E-state index contributed by atoms with van der Waals surface area (Å²) in [6, 6.07) is 13.1. The number of amides is 1. The lowest BCUT2D eigenvalue weighted by molar-refractivity contribution is 0.0955. The van der Waals surface area contributed by atoms with Crippen LogP contribution in [-0.4, -0.2) is 19.2 Å². The van der Waals surface area contributed by atoms with Gasteiger partial charge in [-0.15, -0.1) is 0 Å². The average Bonchev–Trinajstić information content (AvgIpc) is 2.49. The molecule has 0 unspecified atom stereocenters. The molecule has 0 heterocycles. The summed E-state index contributed by atoms with van der Waals surface area (Å²) in [5, 5.41) is 3.96. The summed E-state index contributed by atoms with van der Waals surface area (Å²) in [5.74, 6) is 0.495.